The highest BCUT2D eigenvalue weighted by Gasteiger charge is 2.27. The number of carbonyl (C=O) groups excluding carboxylic acids is 1. The molecule has 1 amide bonds. The number of nitrogens with one attached hydrogen (secondary N) is 1. The van der Waals surface area contributed by atoms with E-state index in [-0.39, 0.29) is 24.5 Å². The van der Waals surface area contributed by atoms with E-state index in [1.807, 2.05) is 0 Å². The molecule has 0 bridgehead atoms. The lowest BCUT2D eigenvalue weighted by Gasteiger charge is -2.31. The van der Waals surface area contributed by atoms with Crippen LogP contribution in [0.25, 0.3) is 0 Å². The first-order chi connectivity index (χ1) is 10.2. The van der Waals surface area contributed by atoms with E-state index in [0.717, 1.165) is 25.7 Å². The van der Waals surface area contributed by atoms with E-state index in [9.17, 15) is 9.90 Å². The summed E-state index contributed by atoms with van der Waals surface area (Å²) in [5.41, 5.74) is 0.458. The molecular formula is C16H23NO4. The van der Waals surface area contributed by atoms with Crippen molar-refractivity contribution in [1.29, 1.82) is 0 Å². The number of para-hydroxylation sites is 1. The quantitative estimate of drug-likeness (QED) is 0.871. The third-order valence-electron chi connectivity index (χ3n) is 4.11. The largest absolute Gasteiger partial charge is 0.493 e. The standard InChI is InChI=1S/C16H23NO4/c1-20-14-9-5-7-12(15(14)21-2)16(19)17-13-8-4-3-6-11(13)10-18/h5,7,9,11,13,18H,3-4,6,8,10H2,1-2H3,(H,17,19). The number of carbonyl (C=O) groups is 1. The zero-order valence-electron chi connectivity index (χ0n) is 12.6. The number of hydrogen-bond acceptors (Lipinski definition) is 4. The van der Waals surface area contributed by atoms with Crippen LogP contribution in [0.3, 0.4) is 0 Å². The van der Waals surface area contributed by atoms with Gasteiger partial charge < -0.3 is 19.9 Å². The molecule has 0 aliphatic heterocycles. The Morgan fingerprint density at radius 3 is 2.71 bits per heavy atom. The number of rotatable bonds is 5. The van der Waals surface area contributed by atoms with Crippen molar-refractivity contribution in [3.05, 3.63) is 23.8 Å². The summed E-state index contributed by atoms with van der Waals surface area (Å²) in [6, 6.07) is 5.26. The highest BCUT2D eigenvalue weighted by molar-refractivity contribution is 5.98. The second-order valence-electron chi connectivity index (χ2n) is 5.35. The van der Waals surface area contributed by atoms with Gasteiger partial charge >= 0.3 is 0 Å². The first-order valence-electron chi connectivity index (χ1n) is 7.34. The van der Waals surface area contributed by atoms with Crippen LogP contribution in [0.4, 0.5) is 0 Å². The maximum atomic E-state index is 12.5. The Morgan fingerprint density at radius 2 is 2.05 bits per heavy atom. The van der Waals surface area contributed by atoms with Crippen molar-refractivity contribution in [3.8, 4) is 11.5 Å². The van der Waals surface area contributed by atoms with Crippen LogP contribution in [-0.4, -0.2) is 37.9 Å². The summed E-state index contributed by atoms with van der Waals surface area (Å²) in [5.74, 6) is 0.928. The van der Waals surface area contributed by atoms with Gasteiger partial charge in [-0.2, -0.15) is 0 Å². The van der Waals surface area contributed by atoms with Crippen molar-refractivity contribution in [2.75, 3.05) is 20.8 Å². The van der Waals surface area contributed by atoms with Crippen LogP contribution in [0.15, 0.2) is 18.2 Å². The van der Waals surface area contributed by atoms with Crippen LogP contribution in [0.1, 0.15) is 36.0 Å². The lowest BCUT2D eigenvalue weighted by atomic mass is 9.85. The predicted molar refractivity (Wildman–Crippen MR) is 79.8 cm³/mol. The van der Waals surface area contributed by atoms with Gasteiger partial charge in [0, 0.05) is 18.6 Å². The van der Waals surface area contributed by atoms with E-state index in [4.69, 9.17) is 9.47 Å². The minimum Gasteiger partial charge on any atom is -0.493 e. The van der Waals surface area contributed by atoms with Crippen molar-refractivity contribution >= 4 is 5.91 Å². The summed E-state index contributed by atoms with van der Waals surface area (Å²) in [4.78, 5) is 12.5. The van der Waals surface area contributed by atoms with Crippen LogP contribution in [0.5, 0.6) is 11.5 Å². The van der Waals surface area contributed by atoms with Crippen LogP contribution < -0.4 is 14.8 Å². The molecule has 21 heavy (non-hydrogen) atoms. The summed E-state index contributed by atoms with van der Waals surface area (Å²) in [7, 11) is 3.06. The van der Waals surface area contributed by atoms with E-state index in [0.29, 0.717) is 17.1 Å². The molecule has 1 aliphatic rings. The zero-order chi connectivity index (χ0) is 15.2. The van der Waals surface area contributed by atoms with E-state index in [1.165, 1.54) is 7.11 Å². The fourth-order valence-corrected chi connectivity index (χ4v) is 2.93. The number of benzene rings is 1. The summed E-state index contributed by atoms with van der Waals surface area (Å²) in [6.45, 7) is 0.111. The monoisotopic (exact) mass is 293 g/mol. The molecule has 2 rings (SSSR count). The van der Waals surface area contributed by atoms with E-state index >= 15 is 0 Å². The van der Waals surface area contributed by atoms with Gasteiger partial charge in [0.1, 0.15) is 0 Å². The molecule has 0 radical (unpaired) electrons. The Balaban J connectivity index is 2.16. The zero-order valence-corrected chi connectivity index (χ0v) is 12.6. The molecule has 1 aliphatic carbocycles. The molecule has 1 fully saturated rings. The lowest BCUT2D eigenvalue weighted by Crippen LogP contribution is -2.43. The normalized spacial score (nSPS) is 21.7. The molecule has 2 atom stereocenters. The number of aliphatic hydroxyl groups excluding tert-OH is 1. The molecular weight excluding hydrogens is 270 g/mol. The van der Waals surface area contributed by atoms with E-state index in [2.05, 4.69) is 5.32 Å². The molecule has 5 nitrogen and oxygen atoms in total. The Hall–Kier alpha value is -1.75. The first-order valence-corrected chi connectivity index (χ1v) is 7.34. The molecule has 1 saturated carbocycles. The van der Waals surface area contributed by atoms with Gasteiger partial charge in [-0.15, -0.1) is 0 Å². The Bertz CT molecular complexity index is 489. The van der Waals surface area contributed by atoms with Gasteiger partial charge in [-0.1, -0.05) is 18.9 Å². The Kier molecular flexibility index (Phi) is 5.44. The van der Waals surface area contributed by atoms with Crippen LogP contribution in [0.2, 0.25) is 0 Å². The SMILES string of the molecule is COc1cccc(C(=O)NC2CCCCC2CO)c1OC. The number of amides is 1. The fourth-order valence-electron chi connectivity index (χ4n) is 2.93. The van der Waals surface area contributed by atoms with Crippen molar-refractivity contribution < 1.29 is 19.4 Å². The van der Waals surface area contributed by atoms with Crippen molar-refractivity contribution in [2.24, 2.45) is 5.92 Å². The smallest absolute Gasteiger partial charge is 0.255 e. The summed E-state index contributed by atoms with van der Waals surface area (Å²) in [5, 5.41) is 12.5. The molecule has 0 heterocycles. The average molecular weight is 293 g/mol. The molecule has 116 valence electrons. The number of hydrogen-bond donors (Lipinski definition) is 2. The number of ether oxygens (including phenoxy) is 2. The second-order valence-corrected chi connectivity index (χ2v) is 5.35. The van der Waals surface area contributed by atoms with Crippen molar-refractivity contribution in [3.63, 3.8) is 0 Å². The van der Waals surface area contributed by atoms with Gasteiger partial charge in [-0.25, -0.2) is 0 Å². The van der Waals surface area contributed by atoms with Crippen molar-refractivity contribution in [1.82, 2.24) is 5.32 Å². The molecule has 0 aromatic heterocycles. The summed E-state index contributed by atoms with van der Waals surface area (Å²) in [6.07, 6.45) is 4.05. The molecule has 5 heteroatoms. The van der Waals surface area contributed by atoms with Crippen molar-refractivity contribution in [2.45, 2.75) is 31.7 Å². The lowest BCUT2D eigenvalue weighted by molar-refractivity contribution is 0.0869. The summed E-state index contributed by atoms with van der Waals surface area (Å²) >= 11 is 0. The molecule has 2 unspecified atom stereocenters. The Labute approximate surface area is 125 Å². The number of methoxy groups -OCH3 is 2. The van der Waals surface area contributed by atoms with Gasteiger partial charge in [-0.05, 0) is 25.0 Å². The minimum atomic E-state index is -0.184. The maximum Gasteiger partial charge on any atom is 0.255 e. The first kappa shape index (κ1) is 15.6. The average Bonchev–Trinajstić information content (AvgIpc) is 2.54. The van der Waals surface area contributed by atoms with Crippen LogP contribution in [-0.2, 0) is 0 Å². The molecule has 0 spiro atoms. The second kappa shape index (κ2) is 7.31. The molecule has 0 saturated heterocycles. The minimum absolute atomic E-state index is 0.0205. The Morgan fingerprint density at radius 1 is 1.29 bits per heavy atom. The fraction of sp³-hybridized carbons (Fsp3) is 0.562. The van der Waals surface area contributed by atoms with Gasteiger partial charge in [-0.3, -0.25) is 4.79 Å². The molecule has 1 aromatic carbocycles. The molecule has 2 N–H and O–H groups in total. The molecule has 1 aromatic rings. The maximum absolute atomic E-state index is 12.5. The van der Waals surface area contributed by atoms with Crippen LogP contribution in [0, 0.1) is 5.92 Å². The van der Waals surface area contributed by atoms with Gasteiger partial charge in [0.05, 0.1) is 19.8 Å². The topological polar surface area (TPSA) is 67.8 Å². The van der Waals surface area contributed by atoms with Gasteiger partial charge in [0.25, 0.3) is 5.91 Å². The third kappa shape index (κ3) is 3.47. The highest BCUT2D eigenvalue weighted by atomic mass is 16.5. The van der Waals surface area contributed by atoms with Gasteiger partial charge in [0.2, 0.25) is 0 Å². The van der Waals surface area contributed by atoms with E-state index < -0.39 is 0 Å². The highest BCUT2D eigenvalue weighted by Crippen LogP contribution is 2.31. The van der Waals surface area contributed by atoms with E-state index in [1.54, 1.807) is 25.3 Å². The predicted octanol–water partition coefficient (Wildman–Crippen LogP) is 1.98. The van der Waals surface area contributed by atoms with Crippen LogP contribution >= 0.6 is 0 Å². The number of aliphatic hydroxyl groups is 1. The summed E-state index contributed by atoms with van der Waals surface area (Å²) < 4.78 is 10.5. The third-order valence-corrected chi connectivity index (χ3v) is 4.11. The van der Waals surface area contributed by atoms with Gasteiger partial charge in [0.15, 0.2) is 11.5 Å².